The second-order valence-corrected chi connectivity index (χ2v) is 6.03. The molecule has 3 amide bonds. The molecule has 6 nitrogen and oxygen atoms in total. The smallest absolute Gasteiger partial charge is 0.315 e. The van der Waals surface area contributed by atoms with Gasteiger partial charge in [-0.3, -0.25) is 9.78 Å². The molecule has 1 atom stereocenters. The number of hydrogen-bond acceptors (Lipinski definition) is 3. The van der Waals surface area contributed by atoms with Gasteiger partial charge in [-0.15, -0.1) is 0 Å². The summed E-state index contributed by atoms with van der Waals surface area (Å²) in [5.41, 5.74) is 0.823. The van der Waals surface area contributed by atoms with E-state index in [-0.39, 0.29) is 30.4 Å². The van der Waals surface area contributed by atoms with Gasteiger partial charge in [0.2, 0.25) is 5.91 Å². The van der Waals surface area contributed by atoms with Crippen molar-refractivity contribution in [2.24, 2.45) is 0 Å². The molecule has 1 fully saturated rings. The zero-order valence-corrected chi connectivity index (χ0v) is 13.7. The number of aromatic nitrogens is 1. The molecule has 2 rings (SSSR count). The van der Waals surface area contributed by atoms with E-state index in [1.165, 1.54) is 19.3 Å². The van der Waals surface area contributed by atoms with Gasteiger partial charge in [0.1, 0.15) is 0 Å². The van der Waals surface area contributed by atoms with Crippen LogP contribution in [0.25, 0.3) is 0 Å². The summed E-state index contributed by atoms with van der Waals surface area (Å²) in [7, 11) is 0. The van der Waals surface area contributed by atoms with E-state index in [0.717, 1.165) is 18.5 Å². The van der Waals surface area contributed by atoms with Crippen LogP contribution in [0.5, 0.6) is 0 Å². The summed E-state index contributed by atoms with van der Waals surface area (Å²) in [5, 5.41) is 8.59. The van der Waals surface area contributed by atoms with Crippen LogP contribution in [0.2, 0.25) is 0 Å². The minimum atomic E-state index is -0.178. The van der Waals surface area contributed by atoms with Crippen molar-refractivity contribution >= 4 is 11.9 Å². The number of urea groups is 1. The number of carbonyl (C=O) groups excluding carboxylic acids is 2. The van der Waals surface area contributed by atoms with Crippen molar-refractivity contribution in [3.8, 4) is 0 Å². The Morgan fingerprint density at radius 3 is 2.74 bits per heavy atom. The Bertz CT molecular complexity index is 501. The van der Waals surface area contributed by atoms with Gasteiger partial charge < -0.3 is 16.0 Å². The van der Waals surface area contributed by atoms with Crippen LogP contribution in [0.3, 0.4) is 0 Å². The molecule has 0 radical (unpaired) electrons. The van der Waals surface area contributed by atoms with Crippen molar-refractivity contribution in [2.45, 2.75) is 57.5 Å². The zero-order chi connectivity index (χ0) is 16.5. The van der Waals surface area contributed by atoms with Gasteiger partial charge in [0.25, 0.3) is 0 Å². The molecule has 1 aliphatic carbocycles. The number of amides is 3. The first-order valence-corrected chi connectivity index (χ1v) is 8.40. The highest BCUT2D eigenvalue weighted by molar-refractivity contribution is 5.78. The number of nitrogens with zero attached hydrogens (tertiary/aromatic N) is 1. The summed E-state index contributed by atoms with van der Waals surface area (Å²) in [4.78, 5) is 27.9. The van der Waals surface area contributed by atoms with Crippen LogP contribution in [0.15, 0.2) is 24.4 Å². The number of carbonyl (C=O) groups is 2. The van der Waals surface area contributed by atoms with Crippen molar-refractivity contribution in [1.29, 1.82) is 0 Å². The maximum absolute atomic E-state index is 11.9. The summed E-state index contributed by atoms with van der Waals surface area (Å²) in [6.07, 6.45) is 7.68. The third-order valence-corrected chi connectivity index (χ3v) is 4.09. The van der Waals surface area contributed by atoms with Crippen LogP contribution in [0.1, 0.15) is 57.2 Å². The number of pyridine rings is 1. The molecule has 0 spiro atoms. The van der Waals surface area contributed by atoms with E-state index < -0.39 is 0 Å². The molecule has 0 aromatic carbocycles. The molecule has 126 valence electrons. The Kier molecular flexibility index (Phi) is 6.84. The van der Waals surface area contributed by atoms with E-state index >= 15 is 0 Å². The topological polar surface area (TPSA) is 83.1 Å². The van der Waals surface area contributed by atoms with E-state index in [4.69, 9.17) is 0 Å². The van der Waals surface area contributed by atoms with Gasteiger partial charge in [0.15, 0.2) is 0 Å². The molecule has 1 aromatic rings. The molecule has 1 aromatic heterocycles. The fourth-order valence-corrected chi connectivity index (χ4v) is 2.79. The Balaban J connectivity index is 1.61. The van der Waals surface area contributed by atoms with Crippen LogP contribution < -0.4 is 16.0 Å². The van der Waals surface area contributed by atoms with Gasteiger partial charge in [-0.1, -0.05) is 25.3 Å². The molecule has 0 aliphatic heterocycles. The molecule has 3 N–H and O–H groups in total. The van der Waals surface area contributed by atoms with Gasteiger partial charge in [0, 0.05) is 25.2 Å². The van der Waals surface area contributed by atoms with Gasteiger partial charge in [-0.25, -0.2) is 4.79 Å². The Hall–Kier alpha value is -2.11. The highest BCUT2D eigenvalue weighted by Crippen LogP contribution is 2.17. The average molecular weight is 318 g/mol. The molecular formula is C17H26N4O2. The molecule has 1 saturated carbocycles. The van der Waals surface area contributed by atoms with Crippen LogP contribution in [-0.2, 0) is 4.79 Å². The van der Waals surface area contributed by atoms with E-state index in [0.29, 0.717) is 6.54 Å². The molecule has 23 heavy (non-hydrogen) atoms. The van der Waals surface area contributed by atoms with Crippen molar-refractivity contribution in [2.75, 3.05) is 6.54 Å². The molecule has 0 saturated heterocycles. The maximum atomic E-state index is 11.9. The van der Waals surface area contributed by atoms with E-state index in [1.807, 2.05) is 25.1 Å². The fraction of sp³-hybridized carbons (Fsp3) is 0.588. The lowest BCUT2D eigenvalue weighted by Crippen LogP contribution is -2.43. The van der Waals surface area contributed by atoms with Crippen molar-refractivity contribution in [3.63, 3.8) is 0 Å². The molecule has 1 heterocycles. The standard InChI is InChI=1S/C17H26N4O2/c1-13(15-9-5-6-11-18-15)20-16(22)10-12-19-17(23)21-14-7-3-2-4-8-14/h5-6,9,11,13-14H,2-4,7-8,10,12H2,1H3,(H,20,22)(H2,19,21,23). The zero-order valence-electron chi connectivity index (χ0n) is 13.7. The third-order valence-electron chi connectivity index (χ3n) is 4.09. The van der Waals surface area contributed by atoms with Gasteiger partial charge in [0.05, 0.1) is 11.7 Å². The van der Waals surface area contributed by atoms with Crippen LogP contribution >= 0.6 is 0 Å². The lowest BCUT2D eigenvalue weighted by molar-refractivity contribution is -0.121. The fourth-order valence-electron chi connectivity index (χ4n) is 2.79. The van der Waals surface area contributed by atoms with Crippen LogP contribution in [0.4, 0.5) is 4.79 Å². The summed E-state index contributed by atoms with van der Waals surface area (Å²) < 4.78 is 0. The first kappa shape index (κ1) is 17.2. The molecular weight excluding hydrogens is 292 g/mol. The monoisotopic (exact) mass is 318 g/mol. The minimum absolute atomic E-state index is 0.0962. The normalized spacial score (nSPS) is 16.4. The number of nitrogens with one attached hydrogen (secondary N) is 3. The average Bonchev–Trinajstić information content (AvgIpc) is 2.56. The van der Waals surface area contributed by atoms with Gasteiger partial charge in [-0.2, -0.15) is 0 Å². The number of hydrogen-bond donors (Lipinski definition) is 3. The SMILES string of the molecule is CC(NC(=O)CCNC(=O)NC1CCCCC1)c1ccccn1. The first-order valence-electron chi connectivity index (χ1n) is 8.40. The lowest BCUT2D eigenvalue weighted by Gasteiger charge is -2.22. The molecule has 6 heteroatoms. The van der Waals surface area contributed by atoms with Gasteiger partial charge >= 0.3 is 6.03 Å². The van der Waals surface area contributed by atoms with Crippen molar-refractivity contribution < 1.29 is 9.59 Å². The summed E-state index contributed by atoms with van der Waals surface area (Å²) >= 11 is 0. The quantitative estimate of drug-likeness (QED) is 0.752. The second-order valence-electron chi connectivity index (χ2n) is 6.03. The van der Waals surface area contributed by atoms with Crippen molar-refractivity contribution in [3.05, 3.63) is 30.1 Å². The first-order chi connectivity index (χ1) is 11.1. The Morgan fingerprint density at radius 1 is 1.26 bits per heavy atom. The maximum Gasteiger partial charge on any atom is 0.315 e. The predicted octanol–water partition coefficient (Wildman–Crippen LogP) is 2.28. The number of rotatable bonds is 6. The largest absolute Gasteiger partial charge is 0.348 e. The van der Waals surface area contributed by atoms with E-state index in [2.05, 4.69) is 20.9 Å². The summed E-state index contributed by atoms with van der Waals surface area (Å²) in [6.45, 7) is 2.22. The summed E-state index contributed by atoms with van der Waals surface area (Å²) in [5.74, 6) is -0.0962. The van der Waals surface area contributed by atoms with Crippen LogP contribution in [0, 0.1) is 0 Å². The Morgan fingerprint density at radius 2 is 2.04 bits per heavy atom. The third kappa shape index (κ3) is 6.26. The Labute approximate surface area is 137 Å². The van der Waals surface area contributed by atoms with Crippen molar-refractivity contribution in [1.82, 2.24) is 20.9 Å². The molecule has 1 unspecified atom stereocenters. The second kappa shape index (κ2) is 9.12. The highest BCUT2D eigenvalue weighted by atomic mass is 16.2. The minimum Gasteiger partial charge on any atom is -0.348 e. The van der Waals surface area contributed by atoms with Crippen LogP contribution in [-0.4, -0.2) is 29.5 Å². The summed E-state index contributed by atoms with van der Waals surface area (Å²) in [6, 6.07) is 5.57. The predicted molar refractivity (Wildman–Crippen MR) is 88.8 cm³/mol. The van der Waals surface area contributed by atoms with Gasteiger partial charge in [-0.05, 0) is 31.9 Å². The van der Waals surface area contributed by atoms with E-state index in [1.54, 1.807) is 6.20 Å². The highest BCUT2D eigenvalue weighted by Gasteiger charge is 2.15. The lowest BCUT2D eigenvalue weighted by atomic mass is 9.96. The van der Waals surface area contributed by atoms with E-state index in [9.17, 15) is 9.59 Å². The molecule has 1 aliphatic rings. The molecule has 0 bridgehead atoms.